The van der Waals surface area contributed by atoms with E-state index in [1.165, 1.54) is 0 Å². The molecule has 1 fully saturated rings. The first-order chi connectivity index (χ1) is 11.7. The van der Waals surface area contributed by atoms with Crippen molar-refractivity contribution in [1.29, 1.82) is 0 Å². The highest BCUT2D eigenvalue weighted by atomic mass is 16.5. The van der Waals surface area contributed by atoms with Gasteiger partial charge in [0.1, 0.15) is 6.04 Å². The van der Waals surface area contributed by atoms with Crippen LogP contribution in [-0.2, 0) is 9.53 Å². The second-order valence-electron chi connectivity index (χ2n) is 6.23. The molecule has 1 amide bonds. The van der Waals surface area contributed by atoms with Crippen LogP contribution in [0.5, 0.6) is 0 Å². The summed E-state index contributed by atoms with van der Waals surface area (Å²) in [5.74, 6) is 0.0692. The van der Waals surface area contributed by atoms with Crippen molar-refractivity contribution in [3.05, 3.63) is 60.4 Å². The van der Waals surface area contributed by atoms with Crippen molar-refractivity contribution in [2.24, 2.45) is 0 Å². The highest BCUT2D eigenvalue weighted by molar-refractivity contribution is 5.80. The van der Waals surface area contributed by atoms with Gasteiger partial charge in [-0.2, -0.15) is 0 Å². The summed E-state index contributed by atoms with van der Waals surface area (Å²) in [6.07, 6.45) is 3.68. The van der Waals surface area contributed by atoms with Crippen LogP contribution in [0.2, 0.25) is 0 Å². The van der Waals surface area contributed by atoms with Crippen molar-refractivity contribution in [3.8, 4) is 0 Å². The lowest BCUT2D eigenvalue weighted by Gasteiger charge is -2.38. The molecule has 1 aromatic carbocycles. The first-order valence-corrected chi connectivity index (χ1v) is 8.40. The van der Waals surface area contributed by atoms with Crippen LogP contribution in [0.15, 0.2) is 54.9 Å². The number of hydrogen-bond acceptors (Lipinski definition) is 3. The molecule has 3 atom stereocenters. The van der Waals surface area contributed by atoms with Gasteiger partial charge in [-0.25, -0.2) is 0 Å². The zero-order chi connectivity index (χ0) is 16.9. The molecule has 1 aliphatic heterocycles. The molecule has 2 aromatic rings. The summed E-state index contributed by atoms with van der Waals surface area (Å²) in [7, 11) is 0. The molecule has 5 nitrogen and oxygen atoms in total. The Bertz CT molecular complexity index is 642. The molecule has 128 valence electrons. The lowest BCUT2D eigenvalue weighted by Crippen LogP contribution is -2.51. The van der Waals surface area contributed by atoms with E-state index >= 15 is 0 Å². The number of carbonyl (C=O) groups is 1. The fourth-order valence-corrected chi connectivity index (χ4v) is 3.18. The minimum Gasteiger partial charge on any atom is -0.388 e. The van der Waals surface area contributed by atoms with Crippen LogP contribution >= 0.6 is 0 Å². The van der Waals surface area contributed by atoms with E-state index < -0.39 is 6.10 Å². The quantitative estimate of drug-likeness (QED) is 0.917. The van der Waals surface area contributed by atoms with Gasteiger partial charge in [-0.15, -0.1) is 0 Å². The van der Waals surface area contributed by atoms with Gasteiger partial charge in [0.15, 0.2) is 0 Å². The topological polar surface area (TPSA) is 54.7 Å². The molecule has 5 heteroatoms. The second-order valence-corrected chi connectivity index (χ2v) is 6.23. The van der Waals surface area contributed by atoms with Gasteiger partial charge < -0.3 is 19.3 Å². The van der Waals surface area contributed by atoms with Gasteiger partial charge in [-0.05, 0) is 24.6 Å². The predicted molar refractivity (Wildman–Crippen MR) is 91.5 cm³/mol. The first kappa shape index (κ1) is 16.7. The van der Waals surface area contributed by atoms with Crippen molar-refractivity contribution in [2.45, 2.75) is 31.5 Å². The Morgan fingerprint density at radius 2 is 1.96 bits per heavy atom. The third-order valence-corrected chi connectivity index (χ3v) is 4.62. The van der Waals surface area contributed by atoms with Gasteiger partial charge in [0, 0.05) is 25.4 Å². The lowest BCUT2D eigenvalue weighted by molar-refractivity contribution is -0.144. The number of nitrogens with zero attached hydrogens (tertiary/aromatic N) is 2. The largest absolute Gasteiger partial charge is 0.388 e. The Balaban J connectivity index is 1.70. The third-order valence-electron chi connectivity index (χ3n) is 4.62. The molecule has 0 bridgehead atoms. The number of aromatic nitrogens is 1. The minimum atomic E-state index is -0.602. The number of aliphatic hydroxyl groups excluding tert-OH is 1. The SMILES string of the molecule is CC(C(=O)N1CCOCC1CC(O)c1ccccc1)n1cccc1. The van der Waals surface area contributed by atoms with Crippen molar-refractivity contribution < 1.29 is 14.6 Å². The minimum absolute atomic E-state index is 0.0692. The molecule has 24 heavy (non-hydrogen) atoms. The molecule has 0 radical (unpaired) electrons. The summed E-state index contributed by atoms with van der Waals surface area (Å²) in [5.41, 5.74) is 0.869. The van der Waals surface area contributed by atoms with Crippen molar-refractivity contribution in [1.82, 2.24) is 9.47 Å². The van der Waals surface area contributed by atoms with Gasteiger partial charge in [0.2, 0.25) is 5.91 Å². The van der Waals surface area contributed by atoms with E-state index in [0.29, 0.717) is 26.2 Å². The van der Waals surface area contributed by atoms with Crippen LogP contribution in [0.1, 0.15) is 31.1 Å². The van der Waals surface area contributed by atoms with Crippen molar-refractivity contribution in [2.75, 3.05) is 19.8 Å². The maximum absolute atomic E-state index is 12.9. The summed E-state index contributed by atoms with van der Waals surface area (Å²) in [6, 6.07) is 13.0. The molecule has 1 N–H and O–H groups in total. The number of ether oxygens (including phenoxy) is 1. The number of morpholine rings is 1. The normalized spacial score (nSPS) is 20.6. The van der Waals surface area contributed by atoms with Crippen molar-refractivity contribution >= 4 is 5.91 Å². The lowest BCUT2D eigenvalue weighted by atomic mass is 10.00. The number of carbonyl (C=O) groups excluding carboxylic acids is 1. The van der Waals surface area contributed by atoms with Crippen LogP contribution < -0.4 is 0 Å². The van der Waals surface area contributed by atoms with E-state index in [1.54, 1.807) is 0 Å². The number of amides is 1. The van der Waals surface area contributed by atoms with Gasteiger partial charge >= 0.3 is 0 Å². The van der Waals surface area contributed by atoms with Crippen LogP contribution in [-0.4, -0.2) is 46.3 Å². The second kappa shape index (κ2) is 7.64. The molecule has 1 saturated heterocycles. The maximum Gasteiger partial charge on any atom is 0.245 e. The predicted octanol–water partition coefficient (Wildman–Crippen LogP) is 2.40. The number of aliphatic hydroxyl groups is 1. The first-order valence-electron chi connectivity index (χ1n) is 8.40. The average Bonchev–Trinajstić information content (AvgIpc) is 3.16. The Hall–Kier alpha value is -2.11. The van der Waals surface area contributed by atoms with E-state index in [9.17, 15) is 9.90 Å². The molecule has 0 spiro atoms. The van der Waals surface area contributed by atoms with E-state index in [2.05, 4.69) is 0 Å². The van der Waals surface area contributed by atoms with E-state index in [0.717, 1.165) is 5.56 Å². The monoisotopic (exact) mass is 328 g/mol. The van der Waals surface area contributed by atoms with Gasteiger partial charge in [-0.3, -0.25) is 4.79 Å². The highest BCUT2D eigenvalue weighted by Crippen LogP contribution is 2.24. The fourth-order valence-electron chi connectivity index (χ4n) is 3.18. The molecule has 2 heterocycles. The number of rotatable bonds is 5. The van der Waals surface area contributed by atoms with Gasteiger partial charge in [-0.1, -0.05) is 30.3 Å². The maximum atomic E-state index is 12.9. The van der Waals surface area contributed by atoms with Crippen LogP contribution in [0.25, 0.3) is 0 Å². The van der Waals surface area contributed by atoms with Crippen LogP contribution in [0.3, 0.4) is 0 Å². The molecule has 0 aliphatic carbocycles. The molecule has 3 rings (SSSR count). The standard InChI is InChI=1S/C19H24N2O3/c1-15(20-9-5-6-10-20)19(23)21-11-12-24-14-17(21)13-18(22)16-7-3-2-4-8-16/h2-10,15,17-18,22H,11-14H2,1H3. The summed E-state index contributed by atoms with van der Waals surface area (Å²) in [4.78, 5) is 14.8. The number of hydrogen-bond donors (Lipinski definition) is 1. The third kappa shape index (κ3) is 3.68. The van der Waals surface area contributed by atoms with Gasteiger partial charge in [0.25, 0.3) is 0 Å². The summed E-state index contributed by atoms with van der Waals surface area (Å²) >= 11 is 0. The molecule has 0 saturated carbocycles. The van der Waals surface area contributed by atoms with E-state index in [1.807, 2.05) is 71.2 Å². The van der Waals surface area contributed by atoms with Gasteiger partial charge in [0.05, 0.1) is 25.4 Å². The number of benzene rings is 1. The smallest absolute Gasteiger partial charge is 0.245 e. The summed E-state index contributed by atoms with van der Waals surface area (Å²) in [5, 5.41) is 10.5. The zero-order valence-electron chi connectivity index (χ0n) is 13.9. The fraction of sp³-hybridized carbons (Fsp3) is 0.421. The van der Waals surface area contributed by atoms with E-state index in [4.69, 9.17) is 4.74 Å². The molecule has 1 aliphatic rings. The molecule has 1 aromatic heterocycles. The summed E-state index contributed by atoms with van der Waals surface area (Å²) in [6.45, 7) is 3.48. The molecular weight excluding hydrogens is 304 g/mol. The Morgan fingerprint density at radius 3 is 2.67 bits per heavy atom. The van der Waals surface area contributed by atoms with Crippen LogP contribution in [0, 0.1) is 0 Å². The van der Waals surface area contributed by atoms with Crippen molar-refractivity contribution in [3.63, 3.8) is 0 Å². The summed E-state index contributed by atoms with van der Waals surface area (Å²) < 4.78 is 7.46. The Morgan fingerprint density at radius 1 is 1.25 bits per heavy atom. The highest BCUT2D eigenvalue weighted by Gasteiger charge is 2.32. The Kier molecular flexibility index (Phi) is 5.33. The average molecular weight is 328 g/mol. The molecule has 3 unspecified atom stereocenters. The van der Waals surface area contributed by atoms with E-state index in [-0.39, 0.29) is 18.0 Å². The molecular formula is C19H24N2O3. The zero-order valence-corrected chi connectivity index (χ0v) is 13.9. The van der Waals surface area contributed by atoms with Crippen LogP contribution in [0.4, 0.5) is 0 Å². The Labute approximate surface area is 142 Å².